The van der Waals surface area contributed by atoms with Gasteiger partial charge in [-0.15, -0.1) is 0 Å². The molecule has 0 unspecified atom stereocenters. The molecule has 0 saturated carbocycles. The number of aryl methyl sites for hydroxylation is 2. The number of aliphatic hydroxyl groups is 1. The first-order valence-electron chi connectivity index (χ1n) is 9.37. The van der Waals surface area contributed by atoms with Crippen LogP contribution < -0.4 is 10.6 Å². The number of anilines is 2. The fourth-order valence-electron chi connectivity index (χ4n) is 3.16. The highest BCUT2D eigenvalue weighted by molar-refractivity contribution is 5.86. The average molecular weight is 398 g/mol. The van der Waals surface area contributed by atoms with Crippen molar-refractivity contribution in [3.63, 3.8) is 0 Å². The molecule has 0 saturated heterocycles. The maximum absolute atomic E-state index is 12.0. The number of amides is 1. The average Bonchev–Trinajstić information content (AvgIpc) is 3.03. The molecular weight excluding hydrogens is 372 g/mol. The van der Waals surface area contributed by atoms with Crippen molar-refractivity contribution in [2.75, 3.05) is 31.0 Å². The molecule has 0 radical (unpaired) electrons. The van der Waals surface area contributed by atoms with Crippen molar-refractivity contribution in [1.82, 2.24) is 9.38 Å². The number of pyridine rings is 1. The predicted molar refractivity (Wildman–Crippen MR) is 111 cm³/mol. The lowest BCUT2D eigenvalue weighted by molar-refractivity contribution is 0.107. The van der Waals surface area contributed by atoms with E-state index in [0.29, 0.717) is 18.8 Å². The van der Waals surface area contributed by atoms with Crippen LogP contribution in [0.15, 0.2) is 36.5 Å². The van der Waals surface area contributed by atoms with Crippen molar-refractivity contribution in [1.29, 1.82) is 0 Å². The summed E-state index contributed by atoms with van der Waals surface area (Å²) in [5.74, 6) is 0. The van der Waals surface area contributed by atoms with Crippen molar-refractivity contribution in [3.05, 3.63) is 59.0 Å². The van der Waals surface area contributed by atoms with Gasteiger partial charge in [0.05, 0.1) is 30.3 Å². The summed E-state index contributed by atoms with van der Waals surface area (Å²) in [6.07, 6.45) is 1.36. The van der Waals surface area contributed by atoms with E-state index in [4.69, 9.17) is 9.47 Å². The zero-order valence-corrected chi connectivity index (χ0v) is 16.9. The molecule has 0 spiro atoms. The highest BCUT2D eigenvalue weighted by Gasteiger charge is 2.13. The zero-order valence-electron chi connectivity index (χ0n) is 16.9. The lowest BCUT2D eigenvalue weighted by Gasteiger charge is -2.15. The number of carbonyl (C=O) groups is 1. The van der Waals surface area contributed by atoms with Crippen molar-refractivity contribution in [3.8, 4) is 0 Å². The van der Waals surface area contributed by atoms with Crippen LogP contribution in [-0.4, -0.2) is 40.9 Å². The molecule has 29 heavy (non-hydrogen) atoms. The number of hydrogen-bond acceptors (Lipinski definition) is 6. The number of aromatic nitrogens is 2. The number of rotatable bonds is 8. The van der Waals surface area contributed by atoms with E-state index in [-0.39, 0.29) is 13.2 Å². The van der Waals surface area contributed by atoms with Crippen LogP contribution in [0.3, 0.4) is 0 Å². The Bertz CT molecular complexity index is 1000. The normalized spacial score (nSPS) is 10.9. The summed E-state index contributed by atoms with van der Waals surface area (Å²) >= 11 is 0. The molecule has 2 aromatic heterocycles. The van der Waals surface area contributed by atoms with Crippen molar-refractivity contribution in [2.45, 2.75) is 27.0 Å². The van der Waals surface area contributed by atoms with E-state index in [9.17, 15) is 9.90 Å². The smallest absolute Gasteiger partial charge is 0.411 e. The Morgan fingerprint density at radius 1 is 1.17 bits per heavy atom. The van der Waals surface area contributed by atoms with Gasteiger partial charge in [-0.3, -0.25) is 9.72 Å². The molecule has 2 heterocycles. The number of aliphatic hydroxyl groups excluding tert-OH is 1. The third kappa shape index (κ3) is 4.67. The first-order valence-corrected chi connectivity index (χ1v) is 9.37. The highest BCUT2D eigenvalue weighted by atomic mass is 16.6. The predicted octanol–water partition coefficient (Wildman–Crippen LogP) is 3.25. The Labute approximate surface area is 169 Å². The van der Waals surface area contributed by atoms with Crippen LogP contribution >= 0.6 is 0 Å². The molecule has 1 amide bonds. The number of nitrogens with zero attached hydrogens (tertiary/aromatic N) is 2. The SMILES string of the molecule is COCCOC(=O)Nc1cccc(C)c1CNc1cccn2c(CO)c(C)nc12. The number of benzene rings is 1. The molecule has 1 aromatic carbocycles. The Hall–Kier alpha value is -3.10. The van der Waals surface area contributed by atoms with E-state index < -0.39 is 6.09 Å². The lowest BCUT2D eigenvalue weighted by Crippen LogP contribution is -2.18. The van der Waals surface area contributed by atoms with Gasteiger partial charge < -0.3 is 19.9 Å². The largest absolute Gasteiger partial charge is 0.447 e. The molecular formula is C21H26N4O4. The van der Waals surface area contributed by atoms with Gasteiger partial charge in [-0.05, 0) is 43.2 Å². The van der Waals surface area contributed by atoms with Crippen molar-refractivity contribution < 1.29 is 19.4 Å². The van der Waals surface area contributed by atoms with Crippen LogP contribution in [0.1, 0.15) is 22.5 Å². The van der Waals surface area contributed by atoms with E-state index in [1.807, 2.05) is 54.8 Å². The number of fused-ring (bicyclic) bond motifs is 1. The number of hydrogen-bond donors (Lipinski definition) is 3. The second kappa shape index (κ2) is 9.40. The summed E-state index contributed by atoms with van der Waals surface area (Å²) in [7, 11) is 1.55. The van der Waals surface area contributed by atoms with Gasteiger partial charge in [-0.25, -0.2) is 9.78 Å². The van der Waals surface area contributed by atoms with Crippen molar-refractivity contribution >= 4 is 23.1 Å². The molecule has 0 bridgehead atoms. The highest BCUT2D eigenvalue weighted by Crippen LogP contribution is 2.24. The van der Waals surface area contributed by atoms with Gasteiger partial charge in [0.15, 0.2) is 5.65 Å². The third-order valence-electron chi connectivity index (χ3n) is 4.72. The monoisotopic (exact) mass is 398 g/mol. The van der Waals surface area contributed by atoms with E-state index in [1.54, 1.807) is 7.11 Å². The summed E-state index contributed by atoms with van der Waals surface area (Å²) in [4.78, 5) is 16.6. The summed E-state index contributed by atoms with van der Waals surface area (Å²) < 4.78 is 11.9. The van der Waals surface area contributed by atoms with Crippen molar-refractivity contribution in [2.24, 2.45) is 0 Å². The molecule has 3 aromatic rings. The van der Waals surface area contributed by atoms with Crippen LogP contribution in [0.2, 0.25) is 0 Å². The topological polar surface area (TPSA) is 97.1 Å². The minimum atomic E-state index is -0.521. The Balaban J connectivity index is 1.79. The second-order valence-electron chi connectivity index (χ2n) is 6.63. The molecule has 8 heteroatoms. The van der Waals surface area contributed by atoms with E-state index >= 15 is 0 Å². The van der Waals surface area contributed by atoms with Gasteiger partial charge in [0, 0.05) is 25.5 Å². The van der Waals surface area contributed by atoms with Gasteiger partial charge in [-0.1, -0.05) is 12.1 Å². The Morgan fingerprint density at radius 2 is 1.97 bits per heavy atom. The first-order chi connectivity index (χ1) is 14.0. The van der Waals surface area contributed by atoms with Crippen LogP contribution in [0.5, 0.6) is 0 Å². The molecule has 3 N–H and O–H groups in total. The first kappa shape index (κ1) is 20.6. The summed E-state index contributed by atoms with van der Waals surface area (Å²) in [5, 5.41) is 15.8. The van der Waals surface area contributed by atoms with Gasteiger partial charge >= 0.3 is 6.09 Å². The van der Waals surface area contributed by atoms with Crippen LogP contribution in [0, 0.1) is 13.8 Å². The van der Waals surface area contributed by atoms with Crippen LogP contribution in [0.25, 0.3) is 5.65 Å². The molecule has 0 aliphatic heterocycles. The number of methoxy groups -OCH3 is 1. The maximum atomic E-state index is 12.0. The quantitative estimate of drug-likeness (QED) is 0.504. The molecule has 0 atom stereocenters. The molecule has 3 rings (SSSR count). The molecule has 8 nitrogen and oxygen atoms in total. The maximum Gasteiger partial charge on any atom is 0.411 e. The molecule has 0 aliphatic rings. The second-order valence-corrected chi connectivity index (χ2v) is 6.63. The van der Waals surface area contributed by atoms with Gasteiger partial charge in [0.2, 0.25) is 0 Å². The number of ether oxygens (including phenoxy) is 2. The summed E-state index contributed by atoms with van der Waals surface area (Å²) in [5.41, 5.74) is 5.81. The van der Waals surface area contributed by atoms with Crippen LogP contribution in [0.4, 0.5) is 16.2 Å². The number of imidazole rings is 1. The van der Waals surface area contributed by atoms with E-state index in [2.05, 4.69) is 15.6 Å². The zero-order chi connectivity index (χ0) is 20.8. The van der Waals surface area contributed by atoms with Gasteiger partial charge in [-0.2, -0.15) is 0 Å². The Kier molecular flexibility index (Phi) is 6.69. The fraction of sp³-hybridized carbons (Fsp3) is 0.333. The molecule has 0 fully saturated rings. The number of nitrogens with one attached hydrogen (secondary N) is 2. The fourth-order valence-corrected chi connectivity index (χ4v) is 3.16. The third-order valence-corrected chi connectivity index (χ3v) is 4.72. The van der Waals surface area contributed by atoms with E-state index in [1.165, 1.54) is 0 Å². The summed E-state index contributed by atoms with van der Waals surface area (Å²) in [6.45, 7) is 4.81. The van der Waals surface area contributed by atoms with Gasteiger partial charge in [0.1, 0.15) is 6.61 Å². The lowest BCUT2D eigenvalue weighted by atomic mass is 10.1. The minimum Gasteiger partial charge on any atom is -0.447 e. The van der Waals surface area contributed by atoms with Gasteiger partial charge in [0.25, 0.3) is 0 Å². The molecule has 154 valence electrons. The summed E-state index contributed by atoms with van der Waals surface area (Å²) in [6, 6.07) is 9.55. The van der Waals surface area contributed by atoms with E-state index in [0.717, 1.165) is 33.8 Å². The molecule has 0 aliphatic carbocycles. The standard InChI is InChI=1S/C21H26N4O4/c1-14-6-4-7-17(24-21(27)29-11-10-28-3)16(14)12-22-18-8-5-9-25-19(13-26)15(2)23-20(18)25/h4-9,22,26H,10-13H2,1-3H3,(H,24,27). The number of carbonyl (C=O) groups excluding carboxylic acids is 1. The Morgan fingerprint density at radius 3 is 2.72 bits per heavy atom. The van der Waals surface area contributed by atoms with Crippen LogP contribution in [-0.2, 0) is 22.6 Å². The minimum absolute atomic E-state index is 0.0759.